The number of aromatic amines is 1. The smallest absolute Gasteiger partial charge is 0.227 e. The van der Waals surface area contributed by atoms with Gasteiger partial charge in [0.05, 0.1) is 6.61 Å². The van der Waals surface area contributed by atoms with Crippen LogP contribution in [0.15, 0.2) is 34.9 Å². The predicted octanol–water partition coefficient (Wildman–Crippen LogP) is 2.55. The fourth-order valence-corrected chi connectivity index (χ4v) is 4.18. The third kappa shape index (κ3) is 4.36. The zero-order chi connectivity index (χ0) is 21.2. The summed E-state index contributed by atoms with van der Waals surface area (Å²) in [7, 11) is 1.69. The molecule has 5 rings (SSSR count). The number of methoxy groups -OCH3 is 1. The summed E-state index contributed by atoms with van der Waals surface area (Å²) in [5.41, 5.74) is 0.895. The summed E-state index contributed by atoms with van der Waals surface area (Å²) < 4.78 is 10.8. The van der Waals surface area contributed by atoms with Gasteiger partial charge in [0.15, 0.2) is 5.82 Å². The number of H-pyrrole nitrogens is 1. The minimum atomic E-state index is 0.0741. The molecule has 0 bridgehead atoms. The van der Waals surface area contributed by atoms with Gasteiger partial charge in [0.25, 0.3) is 0 Å². The summed E-state index contributed by atoms with van der Waals surface area (Å²) in [5, 5.41) is 11.5. The van der Waals surface area contributed by atoms with Crippen molar-refractivity contribution in [1.82, 2.24) is 30.2 Å². The van der Waals surface area contributed by atoms with Crippen LogP contribution in [0.25, 0.3) is 11.4 Å². The molecule has 3 aromatic rings. The molecule has 1 amide bonds. The number of aromatic nitrogens is 5. The fraction of sp³-hybridized carbons (Fsp3) is 0.500. The zero-order valence-electron chi connectivity index (χ0n) is 17.5. The standard InChI is InChI=1S/C22H26N6O3/c1-30-13-16-11-28(12-17(16)22-24-20(25-26-22)15-7-8-15)19(29)10-9-18-23-21(27-31-18)14-5-3-2-4-6-14/h2-6,15-17H,7-13H2,1H3,(H,24,25,26). The number of benzene rings is 1. The van der Waals surface area contributed by atoms with Gasteiger partial charge in [-0.1, -0.05) is 35.5 Å². The zero-order valence-corrected chi connectivity index (χ0v) is 17.5. The number of carbonyl (C=O) groups is 1. The van der Waals surface area contributed by atoms with Gasteiger partial charge in [-0.3, -0.25) is 9.89 Å². The van der Waals surface area contributed by atoms with E-state index in [1.54, 1.807) is 7.11 Å². The van der Waals surface area contributed by atoms with Crippen LogP contribution < -0.4 is 0 Å². The number of nitrogens with one attached hydrogen (secondary N) is 1. The molecule has 2 atom stereocenters. The molecular weight excluding hydrogens is 396 g/mol. The Morgan fingerprint density at radius 3 is 2.84 bits per heavy atom. The van der Waals surface area contributed by atoms with E-state index in [-0.39, 0.29) is 17.7 Å². The van der Waals surface area contributed by atoms with Crippen molar-refractivity contribution < 1.29 is 14.1 Å². The van der Waals surface area contributed by atoms with Crippen LogP contribution >= 0.6 is 0 Å². The van der Waals surface area contributed by atoms with Crippen LogP contribution in [-0.4, -0.2) is 62.9 Å². The van der Waals surface area contributed by atoms with Crippen molar-refractivity contribution >= 4 is 5.91 Å². The molecule has 1 aliphatic heterocycles. The first-order valence-electron chi connectivity index (χ1n) is 10.8. The lowest BCUT2D eigenvalue weighted by Crippen LogP contribution is -2.29. The van der Waals surface area contributed by atoms with Gasteiger partial charge in [0.2, 0.25) is 17.6 Å². The number of aryl methyl sites for hydroxylation is 1. The Morgan fingerprint density at radius 1 is 1.23 bits per heavy atom. The van der Waals surface area contributed by atoms with Crippen LogP contribution in [0.2, 0.25) is 0 Å². The number of hydrogen-bond acceptors (Lipinski definition) is 7. The summed E-state index contributed by atoms with van der Waals surface area (Å²) in [6, 6.07) is 9.65. The lowest BCUT2D eigenvalue weighted by atomic mass is 9.96. The van der Waals surface area contributed by atoms with E-state index in [1.807, 2.05) is 35.2 Å². The van der Waals surface area contributed by atoms with E-state index in [9.17, 15) is 4.79 Å². The van der Waals surface area contributed by atoms with Gasteiger partial charge in [-0.05, 0) is 12.8 Å². The molecule has 1 saturated carbocycles. The number of ether oxygens (including phenoxy) is 1. The molecule has 1 saturated heterocycles. The first-order chi connectivity index (χ1) is 15.2. The topological polar surface area (TPSA) is 110 Å². The van der Waals surface area contributed by atoms with E-state index in [1.165, 1.54) is 0 Å². The van der Waals surface area contributed by atoms with Crippen LogP contribution in [-0.2, 0) is 16.0 Å². The highest BCUT2D eigenvalue weighted by Gasteiger charge is 2.39. The molecule has 162 valence electrons. The van der Waals surface area contributed by atoms with Crippen molar-refractivity contribution in [2.75, 3.05) is 26.8 Å². The van der Waals surface area contributed by atoms with Crippen molar-refractivity contribution in [3.05, 3.63) is 47.9 Å². The largest absolute Gasteiger partial charge is 0.384 e. The number of nitrogens with zero attached hydrogens (tertiary/aromatic N) is 5. The van der Waals surface area contributed by atoms with E-state index in [2.05, 4.69) is 20.3 Å². The quantitative estimate of drug-likeness (QED) is 0.594. The van der Waals surface area contributed by atoms with Crippen LogP contribution in [0.1, 0.15) is 48.6 Å². The van der Waals surface area contributed by atoms with Gasteiger partial charge in [-0.2, -0.15) is 10.1 Å². The minimum Gasteiger partial charge on any atom is -0.384 e. The number of rotatable bonds is 8. The summed E-state index contributed by atoms with van der Waals surface area (Å²) in [4.78, 5) is 23.9. The summed E-state index contributed by atoms with van der Waals surface area (Å²) in [6.45, 7) is 1.85. The van der Waals surface area contributed by atoms with Crippen LogP contribution in [0.5, 0.6) is 0 Å². The Hall–Kier alpha value is -3.07. The Kier molecular flexibility index (Phi) is 5.50. The Balaban J connectivity index is 1.20. The number of likely N-dealkylation sites (tertiary alicyclic amines) is 1. The van der Waals surface area contributed by atoms with Crippen LogP contribution in [0, 0.1) is 5.92 Å². The lowest BCUT2D eigenvalue weighted by Gasteiger charge is -2.15. The van der Waals surface area contributed by atoms with Gasteiger partial charge in [0, 0.05) is 56.4 Å². The summed E-state index contributed by atoms with van der Waals surface area (Å²) >= 11 is 0. The summed E-state index contributed by atoms with van der Waals surface area (Å²) in [6.07, 6.45) is 3.07. The molecule has 0 radical (unpaired) electrons. The molecule has 2 fully saturated rings. The predicted molar refractivity (Wildman–Crippen MR) is 111 cm³/mol. The molecule has 2 aliphatic rings. The van der Waals surface area contributed by atoms with Gasteiger partial charge in [-0.15, -0.1) is 0 Å². The highest BCUT2D eigenvalue weighted by atomic mass is 16.5. The minimum absolute atomic E-state index is 0.0741. The lowest BCUT2D eigenvalue weighted by molar-refractivity contribution is -0.130. The molecule has 2 unspecified atom stereocenters. The highest BCUT2D eigenvalue weighted by Crippen LogP contribution is 2.39. The molecule has 2 aromatic heterocycles. The molecule has 9 nitrogen and oxygen atoms in total. The maximum atomic E-state index is 12.9. The molecule has 1 aromatic carbocycles. The number of carbonyl (C=O) groups excluding carboxylic acids is 1. The molecule has 1 N–H and O–H groups in total. The maximum absolute atomic E-state index is 12.9. The molecule has 0 spiro atoms. The molecular formula is C22H26N6O3. The van der Waals surface area contributed by atoms with Gasteiger partial charge >= 0.3 is 0 Å². The normalized spacial score (nSPS) is 21.0. The first kappa shape index (κ1) is 19.9. The van der Waals surface area contributed by atoms with E-state index in [4.69, 9.17) is 14.2 Å². The molecule has 3 heterocycles. The van der Waals surface area contributed by atoms with E-state index in [0.717, 1.165) is 30.1 Å². The van der Waals surface area contributed by atoms with Gasteiger partial charge < -0.3 is 14.2 Å². The average molecular weight is 422 g/mol. The second-order valence-corrected chi connectivity index (χ2v) is 8.35. The SMILES string of the molecule is COCC1CN(C(=O)CCc2nc(-c3ccccc3)no2)CC1c1nc(C2CC2)n[nH]1. The van der Waals surface area contributed by atoms with Crippen molar-refractivity contribution in [1.29, 1.82) is 0 Å². The van der Waals surface area contributed by atoms with Crippen LogP contribution in [0.3, 0.4) is 0 Å². The third-order valence-corrected chi connectivity index (χ3v) is 6.04. The van der Waals surface area contributed by atoms with Crippen molar-refractivity contribution in [2.45, 2.75) is 37.5 Å². The summed E-state index contributed by atoms with van der Waals surface area (Å²) in [5.74, 6) is 3.66. The van der Waals surface area contributed by atoms with E-state index < -0.39 is 0 Å². The average Bonchev–Trinajstić information content (AvgIpc) is 3.19. The molecule has 31 heavy (non-hydrogen) atoms. The van der Waals surface area contributed by atoms with Crippen molar-refractivity contribution in [2.24, 2.45) is 5.92 Å². The molecule has 9 heteroatoms. The number of amides is 1. The number of hydrogen-bond donors (Lipinski definition) is 1. The monoisotopic (exact) mass is 422 g/mol. The Morgan fingerprint density at radius 2 is 2.06 bits per heavy atom. The Labute approximate surface area is 180 Å². The first-order valence-corrected chi connectivity index (χ1v) is 10.8. The second kappa shape index (κ2) is 8.58. The van der Waals surface area contributed by atoms with Gasteiger partial charge in [-0.25, -0.2) is 4.98 Å². The van der Waals surface area contributed by atoms with Crippen LogP contribution in [0.4, 0.5) is 0 Å². The van der Waals surface area contributed by atoms with Crippen molar-refractivity contribution in [3.8, 4) is 11.4 Å². The highest BCUT2D eigenvalue weighted by molar-refractivity contribution is 5.76. The third-order valence-electron chi connectivity index (χ3n) is 6.04. The maximum Gasteiger partial charge on any atom is 0.227 e. The van der Waals surface area contributed by atoms with Gasteiger partial charge in [0.1, 0.15) is 5.82 Å². The second-order valence-electron chi connectivity index (χ2n) is 8.35. The fourth-order valence-electron chi connectivity index (χ4n) is 4.18. The van der Waals surface area contributed by atoms with E-state index >= 15 is 0 Å². The Bertz CT molecular complexity index is 1030. The molecule has 1 aliphatic carbocycles. The van der Waals surface area contributed by atoms with Crippen molar-refractivity contribution in [3.63, 3.8) is 0 Å². The van der Waals surface area contributed by atoms with E-state index in [0.29, 0.717) is 50.2 Å².